The number of hydrogen-bond acceptors (Lipinski definition) is 3. The molecule has 2 aromatic rings. The van der Waals surface area contributed by atoms with Crippen LogP contribution < -0.4 is 15.7 Å². The molecule has 0 aliphatic heterocycles. The molecule has 0 spiro atoms. The van der Waals surface area contributed by atoms with Gasteiger partial charge in [0.1, 0.15) is 0 Å². The molecule has 0 fully saturated rings. The first-order chi connectivity index (χ1) is 9.66. The Morgan fingerprint density at radius 1 is 1.00 bits per heavy atom. The summed E-state index contributed by atoms with van der Waals surface area (Å²) in [7, 11) is -1.82. The summed E-state index contributed by atoms with van der Waals surface area (Å²) in [6, 6.07) is 18.0. The topological polar surface area (TPSA) is 55.4 Å². The SMILES string of the molecule is COC(=O)[CH-]NP(=O)(c1ccccc1)c1ccccc1.[Pr]. The average Bonchev–Trinajstić information content (AvgIpc) is 2.54. The van der Waals surface area contributed by atoms with Crippen molar-refractivity contribution < 1.29 is 55.4 Å². The minimum absolute atomic E-state index is 0. The summed E-state index contributed by atoms with van der Waals surface area (Å²) in [5.41, 5.74) is 0. The van der Waals surface area contributed by atoms with Crippen molar-refractivity contribution in [1.82, 2.24) is 5.09 Å². The van der Waals surface area contributed by atoms with Crippen LogP contribution in [-0.2, 0) is 14.1 Å². The van der Waals surface area contributed by atoms with E-state index in [1.807, 2.05) is 36.4 Å². The molecule has 0 amide bonds. The van der Waals surface area contributed by atoms with Crippen molar-refractivity contribution in [2.45, 2.75) is 0 Å². The molecule has 0 aliphatic carbocycles. The van der Waals surface area contributed by atoms with Crippen LogP contribution in [0.2, 0.25) is 0 Å². The molecular formula is C15H15NO3PPr-. The molecule has 2 rings (SSSR count). The van der Waals surface area contributed by atoms with Crippen LogP contribution in [0.1, 0.15) is 0 Å². The Labute approximate surface area is 157 Å². The molecule has 0 aliphatic rings. The van der Waals surface area contributed by atoms with Crippen LogP contribution in [0.3, 0.4) is 0 Å². The predicted molar refractivity (Wildman–Crippen MR) is 79.2 cm³/mol. The van der Waals surface area contributed by atoms with Crippen molar-refractivity contribution >= 4 is 23.9 Å². The Morgan fingerprint density at radius 2 is 1.43 bits per heavy atom. The quantitative estimate of drug-likeness (QED) is 0.448. The monoisotopic (exact) mass is 429 g/mol. The fraction of sp³-hybridized carbons (Fsp3) is 0.0667. The van der Waals surface area contributed by atoms with E-state index in [1.54, 1.807) is 24.3 Å². The summed E-state index contributed by atoms with van der Waals surface area (Å²) >= 11 is 0. The van der Waals surface area contributed by atoms with Crippen LogP contribution in [0.15, 0.2) is 60.7 Å². The molecule has 1 N–H and O–H groups in total. The Bertz CT molecular complexity index is 576. The normalized spacial score (nSPS) is 10.3. The van der Waals surface area contributed by atoms with Crippen molar-refractivity contribution in [2.75, 3.05) is 7.11 Å². The molecule has 1 radical (unpaired) electrons. The molecule has 2 aromatic carbocycles. The minimum atomic E-state index is -3.10. The van der Waals surface area contributed by atoms with Gasteiger partial charge in [0.05, 0.1) is 7.11 Å². The van der Waals surface area contributed by atoms with Gasteiger partial charge < -0.3 is 9.82 Å². The van der Waals surface area contributed by atoms with Gasteiger partial charge in [-0.1, -0.05) is 36.4 Å². The van der Waals surface area contributed by atoms with Crippen LogP contribution in [-0.4, -0.2) is 13.1 Å². The fourth-order valence-corrected chi connectivity index (χ4v) is 3.84. The summed E-state index contributed by atoms with van der Waals surface area (Å²) in [5, 5.41) is 4.00. The van der Waals surface area contributed by atoms with E-state index in [4.69, 9.17) is 0 Å². The van der Waals surface area contributed by atoms with E-state index in [1.165, 1.54) is 7.11 Å². The first-order valence-electron chi connectivity index (χ1n) is 6.07. The van der Waals surface area contributed by atoms with E-state index in [2.05, 4.69) is 9.82 Å². The molecule has 21 heavy (non-hydrogen) atoms. The number of carbonyl (C=O) groups is 1. The zero-order valence-corrected chi connectivity index (χ0v) is 16.2. The number of carbonyl (C=O) groups excluding carboxylic acids is 1. The van der Waals surface area contributed by atoms with Crippen molar-refractivity contribution in [1.29, 1.82) is 0 Å². The molecule has 0 atom stereocenters. The average molecular weight is 429 g/mol. The predicted octanol–water partition coefficient (Wildman–Crippen LogP) is 1.84. The second-order valence-corrected chi connectivity index (χ2v) is 6.59. The summed E-state index contributed by atoms with van der Waals surface area (Å²) in [6.45, 7) is 1.10. The number of nitrogens with one attached hydrogen (secondary N) is 1. The fourth-order valence-electron chi connectivity index (χ4n) is 1.78. The van der Waals surface area contributed by atoms with Gasteiger partial charge in [-0.2, -0.15) is 0 Å². The first-order valence-corrected chi connectivity index (χ1v) is 7.78. The zero-order valence-electron chi connectivity index (χ0n) is 11.6. The first kappa shape index (κ1) is 18.4. The zero-order chi connectivity index (χ0) is 14.4. The standard InChI is InChI=1S/C15H15NO3P.Pr/c1-19-15(17)12-16-20(18,13-8-4-2-5-9-13)14-10-6-3-7-11-14;/h2-12H,1H3,(H,16,18);/q-1;. The number of methoxy groups -OCH3 is 1. The van der Waals surface area contributed by atoms with Gasteiger partial charge in [0.15, 0.2) is 13.3 Å². The number of rotatable bonds is 5. The number of esters is 1. The van der Waals surface area contributed by atoms with Crippen molar-refractivity contribution in [3.8, 4) is 0 Å². The maximum atomic E-state index is 13.3. The van der Waals surface area contributed by atoms with Crippen LogP contribution in [0, 0.1) is 47.8 Å². The number of ether oxygens (including phenoxy) is 1. The third kappa shape index (κ3) is 4.65. The van der Waals surface area contributed by atoms with Gasteiger partial charge in [0.2, 0.25) is 0 Å². The molecule has 0 aromatic heterocycles. The van der Waals surface area contributed by atoms with Gasteiger partial charge in [-0.25, -0.2) is 6.54 Å². The molecule has 0 saturated heterocycles. The second kappa shape index (κ2) is 8.70. The molecule has 4 nitrogen and oxygen atoms in total. The van der Waals surface area contributed by atoms with Crippen LogP contribution >= 0.6 is 7.29 Å². The summed E-state index contributed by atoms with van der Waals surface area (Å²) in [4.78, 5) is 11.3. The van der Waals surface area contributed by atoms with E-state index < -0.39 is 13.3 Å². The molecule has 0 heterocycles. The van der Waals surface area contributed by atoms with E-state index in [-0.39, 0.29) is 41.3 Å². The Morgan fingerprint density at radius 3 is 1.81 bits per heavy atom. The molecule has 0 unspecified atom stereocenters. The number of hydrogen-bond donors (Lipinski definition) is 1. The van der Waals surface area contributed by atoms with E-state index in [0.29, 0.717) is 10.6 Å². The van der Waals surface area contributed by atoms with Crippen LogP contribution in [0.4, 0.5) is 0 Å². The summed E-state index contributed by atoms with van der Waals surface area (Å²) in [5.74, 6) is -0.572. The summed E-state index contributed by atoms with van der Waals surface area (Å²) < 4.78 is 17.8. The number of benzene rings is 2. The van der Waals surface area contributed by atoms with Gasteiger partial charge in [-0.3, -0.25) is 9.36 Å². The van der Waals surface area contributed by atoms with Gasteiger partial charge in [0.25, 0.3) is 0 Å². The molecule has 0 saturated carbocycles. The second-order valence-electron chi connectivity index (χ2n) is 4.08. The third-order valence-electron chi connectivity index (χ3n) is 2.80. The Hall–Kier alpha value is -0.666. The smallest absolute Gasteiger partial charge is 0.179 e. The molecule has 0 bridgehead atoms. The Balaban J connectivity index is 0.00000220. The Kier molecular flexibility index (Phi) is 7.61. The van der Waals surface area contributed by atoms with E-state index >= 15 is 0 Å². The van der Waals surface area contributed by atoms with Crippen molar-refractivity contribution in [2.24, 2.45) is 0 Å². The van der Waals surface area contributed by atoms with Crippen LogP contribution in [0.5, 0.6) is 0 Å². The molecule has 6 heteroatoms. The largest absolute Gasteiger partial charge is 0.490 e. The van der Waals surface area contributed by atoms with Crippen LogP contribution in [0.25, 0.3) is 0 Å². The van der Waals surface area contributed by atoms with E-state index in [9.17, 15) is 9.36 Å². The van der Waals surface area contributed by atoms with E-state index in [0.717, 1.165) is 6.54 Å². The molecular weight excluding hydrogens is 414 g/mol. The van der Waals surface area contributed by atoms with Crippen molar-refractivity contribution in [3.63, 3.8) is 0 Å². The van der Waals surface area contributed by atoms with Gasteiger partial charge in [-0.15, -0.1) is 0 Å². The van der Waals surface area contributed by atoms with Gasteiger partial charge in [-0.05, 0) is 24.3 Å². The summed E-state index contributed by atoms with van der Waals surface area (Å²) in [6.07, 6.45) is 0. The van der Waals surface area contributed by atoms with Crippen molar-refractivity contribution in [3.05, 3.63) is 67.2 Å². The molecule has 107 valence electrons. The third-order valence-corrected chi connectivity index (χ3v) is 5.35. The minimum Gasteiger partial charge on any atom is -0.490 e. The maximum Gasteiger partial charge on any atom is 0.179 e. The van der Waals surface area contributed by atoms with Gasteiger partial charge in [0, 0.05) is 51.9 Å². The maximum absolute atomic E-state index is 13.3. The van der Waals surface area contributed by atoms with Gasteiger partial charge >= 0.3 is 0 Å².